The van der Waals surface area contributed by atoms with E-state index >= 15 is 0 Å². The Morgan fingerprint density at radius 2 is 1.56 bits per heavy atom. The minimum absolute atomic E-state index is 0.130. The van der Waals surface area contributed by atoms with Crippen LogP contribution in [0.5, 0.6) is 0 Å². The fourth-order valence-electron chi connectivity index (χ4n) is 3.08. The van der Waals surface area contributed by atoms with E-state index in [9.17, 15) is 14.4 Å². The Kier molecular flexibility index (Phi) is 7.72. The maximum Gasteiger partial charge on any atom is 0.281 e. The lowest BCUT2D eigenvalue weighted by Crippen LogP contribution is -2.54. The molecule has 2 aromatic carbocycles. The third-order valence-corrected chi connectivity index (χ3v) is 6.35. The van der Waals surface area contributed by atoms with Crippen molar-refractivity contribution in [3.63, 3.8) is 0 Å². The first-order valence-electron chi connectivity index (χ1n) is 10.4. The average molecular weight is 451 g/mol. The number of nitrogens with one attached hydrogen (secondary N) is 3. The predicted molar refractivity (Wildman–Crippen MR) is 125 cm³/mol. The summed E-state index contributed by atoms with van der Waals surface area (Å²) in [5.74, 6) is -1.41. The first kappa shape index (κ1) is 23.1. The Hall–Kier alpha value is -3.52. The molecule has 2 atom stereocenters. The number of nitrogens with zero attached hydrogens (tertiary/aromatic N) is 1. The van der Waals surface area contributed by atoms with E-state index in [1.54, 1.807) is 31.2 Å². The lowest BCUT2D eigenvalue weighted by molar-refractivity contribution is -0.124. The molecule has 0 radical (unpaired) electrons. The van der Waals surface area contributed by atoms with E-state index in [4.69, 9.17) is 0 Å². The van der Waals surface area contributed by atoms with Gasteiger partial charge in [-0.1, -0.05) is 68.8 Å². The maximum absolute atomic E-state index is 12.8. The minimum Gasteiger partial charge on any atom is -0.340 e. The monoisotopic (exact) mass is 450 g/mol. The third-order valence-electron chi connectivity index (χ3n) is 5.14. The number of carbonyl (C=O) groups excluding carboxylic acids is 3. The Labute approximate surface area is 191 Å². The second-order valence-corrected chi connectivity index (χ2v) is 8.44. The SMILES string of the molecule is CCC(C)C(NC(=O)c1ccccc1)C(=O)NNC(=O)c1sc(-c2ccccc2)nc1C. The molecule has 0 saturated heterocycles. The van der Waals surface area contributed by atoms with Crippen LogP contribution in [0, 0.1) is 12.8 Å². The molecule has 0 fully saturated rings. The van der Waals surface area contributed by atoms with E-state index in [2.05, 4.69) is 21.2 Å². The fraction of sp³-hybridized carbons (Fsp3) is 0.250. The summed E-state index contributed by atoms with van der Waals surface area (Å²) in [5.41, 5.74) is 6.88. The van der Waals surface area contributed by atoms with E-state index in [1.807, 2.05) is 50.2 Å². The van der Waals surface area contributed by atoms with Crippen LogP contribution in [0.25, 0.3) is 10.6 Å². The van der Waals surface area contributed by atoms with Crippen LogP contribution in [0.2, 0.25) is 0 Å². The van der Waals surface area contributed by atoms with E-state index in [0.29, 0.717) is 22.6 Å². The van der Waals surface area contributed by atoms with Gasteiger partial charge >= 0.3 is 0 Å². The molecule has 0 saturated carbocycles. The van der Waals surface area contributed by atoms with Crippen LogP contribution in [0.3, 0.4) is 0 Å². The number of aromatic nitrogens is 1. The summed E-state index contributed by atoms with van der Waals surface area (Å²) < 4.78 is 0. The van der Waals surface area contributed by atoms with Gasteiger partial charge in [-0.05, 0) is 25.0 Å². The van der Waals surface area contributed by atoms with Gasteiger partial charge in [0.15, 0.2) is 0 Å². The molecular weight excluding hydrogens is 424 g/mol. The zero-order chi connectivity index (χ0) is 23.1. The zero-order valence-electron chi connectivity index (χ0n) is 18.2. The molecule has 3 aromatic rings. The van der Waals surface area contributed by atoms with E-state index < -0.39 is 17.9 Å². The number of carbonyl (C=O) groups is 3. The van der Waals surface area contributed by atoms with Crippen LogP contribution in [-0.2, 0) is 4.79 Å². The molecule has 2 unspecified atom stereocenters. The van der Waals surface area contributed by atoms with Gasteiger partial charge in [0.2, 0.25) is 0 Å². The van der Waals surface area contributed by atoms with Gasteiger partial charge in [-0.2, -0.15) is 0 Å². The topological polar surface area (TPSA) is 100 Å². The molecule has 0 aliphatic carbocycles. The van der Waals surface area contributed by atoms with Gasteiger partial charge in [0.1, 0.15) is 15.9 Å². The summed E-state index contributed by atoms with van der Waals surface area (Å²) in [5, 5.41) is 3.50. The number of hydrogen-bond acceptors (Lipinski definition) is 5. The fourth-order valence-corrected chi connectivity index (χ4v) is 4.05. The molecule has 3 amide bonds. The highest BCUT2D eigenvalue weighted by Crippen LogP contribution is 2.27. The summed E-state index contributed by atoms with van der Waals surface area (Å²) in [7, 11) is 0. The number of aryl methyl sites for hydroxylation is 1. The Morgan fingerprint density at radius 3 is 2.19 bits per heavy atom. The summed E-state index contributed by atoms with van der Waals surface area (Å²) in [6.07, 6.45) is 0.676. The molecule has 0 aliphatic heterocycles. The van der Waals surface area contributed by atoms with Crippen molar-refractivity contribution in [2.45, 2.75) is 33.2 Å². The van der Waals surface area contributed by atoms with Crippen molar-refractivity contribution < 1.29 is 14.4 Å². The molecule has 166 valence electrons. The number of hydrogen-bond donors (Lipinski definition) is 3. The average Bonchev–Trinajstić information content (AvgIpc) is 3.23. The van der Waals surface area contributed by atoms with Crippen molar-refractivity contribution in [3.05, 3.63) is 76.8 Å². The first-order valence-corrected chi connectivity index (χ1v) is 11.2. The highest BCUT2D eigenvalue weighted by atomic mass is 32.1. The molecule has 7 nitrogen and oxygen atoms in total. The van der Waals surface area contributed by atoms with Crippen molar-refractivity contribution in [2.24, 2.45) is 5.92 Å². The Balaban J connectivity index is 1.66. The first-order chi connectivity index (χ1) is 15.4. The molecular formula is C24H26N4O3S. The number of rotatable bonds is 7. The molecule has 3 rings (SSSR count). The normalized spacial score (nSPS) is 12.5. The van der Waals surface area contributed by atoms with Crippen molar-refractivity contribution in [1.29, 1.82) is 0 Å². The van der Waals surface area contributed by atoms with Gasteiger partial charge < -0.3 is 5.32 Å². The number of benzene rings is 2. The minimum atomic E-state index is -0.796. The molecule has 3 N–H and O–H groups in total. The van der Waals surface area contributed by atoms with Gasteiger partial charge in [0.05, 0.1) is 5.69 Å². The molecule has 32 heavy (non-hydrogen) atoms. The molecule has 0 bridgehead atoms. The second-order valence-electron chi connectivity index (χ2n) is 7.45. The highest BCUT2D eigenvalue weighted by molar-refractivity contribution is 7.17. The van der Waals surface area contributed by atoms with Crippen LogP contribution < -0.4 is 16.2 Å². The quantitative estimate of drug-likeness (QED) is 0.478. The number of thiazole rings is 1. The Morgan fingerprint density at radius 1 is 0.938 bits per heavy atom. The van der Waals surface area contributed by atoms with Crippen molar-refractivity contribution >= 4 is 29.1 Å². The van der Waals surface area contributed by atoms with Crippen LogP contribution in [0.4, 0.5) is 0 Å². The van der Waals surface area contributed by atoms with Crippen LogP contribution >= 0.6 is 11.3 Å². The maximum atomic E-state index is 12.8. The standard InChI is InChI=1S/C24H26N4O3S/c1-4-15(2)19(26-21(29)17-11-7-5-8-12-17)22(30)27-28-23(31)20-16(3)25-24(32-20)18-13-9-6-10-14-18/h5-15,19H,4H2,1-3H3,(H,26,29)(H,27,30)(H,28,31). The number of amides is 3. The van der Waals surface area contributed by atoms with Crippen LogP contribution in [0.1, 0.15) is 46.0 Å². The largest absolute Gasteiger partial charge is 0.340 e. The molecule has 0 aliphatic rings. The van der Waals surface area contributed by atoms with E-state index in [0.717, 1.165) is 10.6 Å². The van der Waals surface area contributed by atoms with Crippen LogP contribution in [0.15, 0.2) is 60.7 Å². The van der Waals surface area contributed by atoms with Gasteiger partial charge in [-0.25, -0.2) is 4.98 Å². The summed E-state index contributed by atoms with van der Waals surface area (Å²) in [4.78, 5) is 42.9. The van der Waals surface area contributed by atoms with Crippen molar-refractivity contribution in [2.75, 3.05) is 0 Å². The summed E-state index contributed by atoms with van der Waals surface area (Å²) >= 11 is 1.26. The Bertz CT molecular complexity index is 1080. The van der Waals surface area contributed by atoms with Crippen molar-refractivity contribution in [1.82, 2.24) is 21.2 Å². The zero-order valence-corrected chi connectivity index (χ0v) is 19.0. The van der Waals surface area contributed by atoms with Gasteiger partial charge in [-0.15, -0.1) is 11.3 Å². The lowest BCUT2D eigenvalue weighted by Gasteiger charge is -2.23. The van der Waals surface area contributed by atoms with E-state index in [-0.39, 0.29) is 11.8 Å². The van der Waals surface area contributed by atoms with Gasteiger partial charge in [-0.3, -0.25) is 25.2 Å². The lowest BCUT2D eigenvalue weighted by atomic mass is 9.98. The third kappa shape index (κ3) is 5.59. The number of hydrazine groups is 1. The predicted octanol–water partition coefficient (Wildman–Crippen LogP) is 3.72. The smallest absolute Gasteiger partial charge is 0.281 e. The van der Waals surface area contributed by atoms with Crippen molar-refractivity contribution in [3.8, 4) is 10.6 Å². The van der Waals surface area contributed by atoms with Crippen LogP contribution in [-0.4, -0.2) is 28.7 Å². The molecule has 8 heteroatoms. The summed E-state index contributed by atoms with van der Waals surface area (Å²) in [6.45, 7) is 5.56. The second kappa shape index (κ2) is 10.7. The highest BCUT2D eigenvalue weighted by Gasteiger charge is 2.27. The van der Waals surface area contributed by atoms with E-state index in [1.165, 1.54) is 11.3 Å². The van der Waals surface area contributed by atoms with Gasteiger partial charge in [0, 0.05) is 11.1 Å². The molecule has 1 aromatic heterocycles. The molecule has 0 spiro atoms. The molecule has 1 heterocycles. The summed E-state index contributed by atoms with van der Waals surface area (Å²) in [6, 6.07) is 17.5. The van der Waals surface area contributed by atoms with Gasteiger partial charge in [0.25, 0.3) is 17.7 Å².